The lowest BCUT2D eigenvalue weighted by atomic mass is 10.4. The Morgan fingerprint density at radius 2 is 1.77 bits per heavy atom. The summed E-state index contributed by atoms with van der Waals surface area (Å²) in [7, 11) is 0. The van der Waals surface area contributed by atoms with Gasteiger partial charge in [-0.1, -0.05) is 0 Å². The Balaban J connectivity index is 2.53. The molecule has 0 N–H and O–H groups in total. The van der Waals surface area contributed by atoms with E-state index in [-0.39, 0.29) is 0 Å². The van der Waals surface area contributed by atoms with Gasteiger partial charge in [-0.2, -0.15) is 13.2 Å². The molecule has 0 saturated carbocycles. The number of hydrogen-bond acceptors (Lipinski definition) is 2. The van der Waals surface area contributed by atoms with Crippen LogP contribution < -0.4 is 0 Å². The summed E-state index contributed by atoms with van der Waals surface area (Å²) in [4.78, 5) is 1.26. The molecule has 0 atom stereocenters. The summed E-state index contributed by atoms with van der Waals surface area (Å²) in [6, 6.07) is 0. The molecule has 0 aromatic carbocycles. The highest BCUT2D eigenvalue weighted by Gasteiger charge is 2.35. The van der Waals surface area contributed by atoms with Crippen molar-refractivity contribution in [1.82, 2.24) is 4.90 Å². The van der Waals surface area contributed by atoms with Crippen molar-refractivity contribution < 1.29 is 22.3 Å². The lowest BCUT2D eigenvalue weighted by molar-refractivity contribution is -0.110. The maximum Gasteiger partial charge on any atom is 0.444 e. The standard InChI is InChI=1S/C7H9F4NO/c8-6(7(9,10)11)5-12-1-3-13-4-2-12/h5H,1-4H2/b6-5-. The summed E-state index contributed by atoms with van der Waals surface area (Å²) < 4.78 is 52.3. The Labute approximate surface area is 72.8 Å². The molecule has 0 spiro atoms. The van der Waals surface area contributed by atoms with Crippen molar-refractivity contribution in [2.24, 2.45) is 0 Å². The van der Waals surface area contributed by atoms with Crippen LogP contribution in [0.2, 0.25) is 0 Å². The van der Waals surface area contributed by atoms with Gasteiger partial charge in [0.2, 0.25) is 5.83 Å². The van der Waals surface area contributed by atoms with E-state index in [9.17, 15) is 17.6 Å². The minimum Gasteiger partial charge on any atom is -0.378 e. The maximum atomic E-state index is 12.3. The second-order valence-corrected chi connectivity index (χ2v) is 2.62. The zero-order valence-corrected chi connectivity index (χ0v) is 6.77. The number of halogens is 4. The summed E-state index contributed by atoms with van der Waals surface area (Å²) in [5.41, 5.74) is 0. The van der Waals surface area contributed by atoms with Crippen molar-refractivity contribution >= 4 is 0 Å². The zero-order valence-electron chi connectivity index (χ0n) is 6.77. The molecule has 1 rings (SSSR count). The third-order valence-electron chi connectivity index (χ3n) is 1.61. The Bertz CT molecular complexity index is 195. The molecule has 1 fully saturated rings. The number of ether oxygens (including phenoxy) is 1. The predicted molar refractivity (Wildman–Crippen MR) is 37.6 cm³/mol. The summed E-state index contributed by atoms with van der Waals surface area (Å²) in [6.45, 7) is 1.26. The molecule has 0 radical (unpaired) electrons. The van der Waals surface area contributed by atoms with Crippen molar-refractivity contribution in [2.75, 3.05) is 26.3 Å². The van der Waals surface area contributed by atoms with E-state index in [4.69, 9.17) is 4.74 Å². The van der Waals surface area contributed by atoms with Crippen LogP contribution in [-0.2, 0) is 4.74 Å². The van der Waals surface area contributed by atoms with Gasteiger partial charge in [0.25, 0.3) is 0 Å². The SMILES string of the molecule is F/C(=C\N1CCOCC1)C(F)(F)F. The average Bonchev–Trinajstić information content (AvgIpc) is 2.04. The fourth-order valence-electron chi connectivity index (χ4n) is 0.940. The number of nitrogens with zero attached hydrogens (tertiary/aromatic N) is 1. The zero-order chi connectivity index (χ0) is 9.90. The van der Waals surface area contributed by atoms with Crippen molar-refractivity contribution in [3.8, 4) is 0 Å². The van der Waals surface area contributed by atoms with Crippen LogP contribution in [0.5, 0.6) is 0 Å². The minimum atomic E-state index is -4.88. The molecule has 1 saturated heterocycles. The van der Waals surface area contributed by atoms with Crippen molar-refractivity contribution in [3.05, 3.63) is 12.0 Å². The van der Waals surface area contributed by atoms with Crippen LogP contribution in [0.3, 0.4) is 0 Å². The molecule has 0 amide bonds. The Morgan fingerprint density at radius 3 is 2.23 bits per heavy atom. The molecule has 0 aliphatic carbocycles. The quantitative estimate of drug-likeness (QED) is 0.596. The summed E-state index contributed by atoms with van der Waals surface area (Å²) in [6.07, 6.45) is -4.39. The minimum absolute atomic E-state index is 0.295. The third-order valence-corrected chi connectivity index (χ3v) is 1.61. The Kier molecular flexibility index (Phi) is 3.13. The molecule has 1 aliphatic heterocycles. The number of morpholine rings is 1. The van der Waals surface area contributed by atoms with Gasteiger partial charge in [0.1, 0.15) is 0 Å². The first-order valence-corrected chi connectivity index (χ1v) is 3.76. The van der Waals surface area contributed by atoms with E-state index in [1.165, 1.54) is 4.90 Å². The summed E-state index contributed by atoms with van der Waals surface area (Å²) in [5, 5.41) is 0. The van der Waals surface area contributed by atoms with Gasteiger partial charge < -0.3 is 9.64 Å². The molecule has 1 aliphatic rings. The molecule has 0 aromatic rings. The van der Waals surface area contributed by atoms with E-state index in [0.717, 1.165) is 0 Å². The van der Waals surface area contributed by atoms with E-state index in [2.05, 4.69) is 0 Å². The van der Waals surface area contributed by atoms with E-state index >= 15 is 0 Å². The first-order valence-electron chi connectivity index (χ1n) is 3.76. The van der Waals surface area contributed by atoms with Gasteiger partial charge in [-0.3, -0.25) is 0 Å². The predicted octanol–water partition coefficient (Wildman–Crippen LogP) is 1.69. The van der Waals surface area contributed by atoms with Crippen LogP contribution in [0.15, 0.2) is 12.0 Å². The number of hydrogen-bond donors (Lipinski definition) is 0. The van der Waals surface area contributed by atoms with E-state index in [1.54, 1.807) is 0 Å². The molecule has 1 heterocycles. The van der Waals surface area contributed by atoms with Crippen molar-refractivity contribution in [3.63, 3.8) is 0 Å². The first-order chi connectivity index (χ1) is 6.00. The lowest BCUT2D eigenvalue weighted by Crippen LogP contribution is -2.33. The highest BCUT2D eigenvalue weighted by atomic mass is 19.4. The highest BCUT2D eigenvalue weighted by molar-refractivity contribution is 4.98. The molecule has 2 nitrogen and oxygen atoms in total. The Morgan fingerprint density at radius 1 is 1.23 bits per heavy atom. The van der Waals surface area contributed by atoms with Crippen LogP contribution in [0.1, 0.15) is 0 Å². The number of alkyl halides is 3. The van der Waals surface area contributed by atoms with Gasteiger partial charge in [0.15, 0.2) is 0 Å². The average molecular weight is 199 g/mol. The van der Waals surface area contributed by atoms with Crippen LogP contribution in [0.25, 0.3) is 0 Å². The number of rotatable bonds is 1. The molecular formula is C7H9F4NO. The summed E-state index contributed by atoms with van der Waals surface area (Å²) in [5.74, 6) is -2.06. The molecule has 13 heavy (non-hydrogen) atoms. The van der Waals surface area contributed by atoms with Crippen LogP contribution in [0.4, 0.5) is 17.6 Å². The molecule has 0 bridgehead atoms. The fourth-order valence-corrected chi connectivity index (χ4v) is 0.940. The molecule has 6 heteroatoms. The van der Waals surface area contributed by atoms with Gasteiger partial charge in [-0.05, 0) is 0 Å². The molecule has 0 unspecified atom stereocenters. The van der Waals surface area contributed by atoms with Gasteiger partial charge in [-0.25, -0.2) is 4.39 Å². The van der Waals surface area contributed by atoms with E-state index < -0.39 is 12.0 Å². The van der Waals surface area contributed by atoms with Gasteiger partial charge in [0, 0.05) is 19.3 Å². The van der Waals surface area contributed by atoms with Crippen LogP contribution >= 0.6 is 0 Å². The van der Waals surface area contributed by atoms with Crippen LogP contribution in [-0.4, -0.2) is 37.4 Å². The van der Waals surface area contributed by atoms with Crippen LogP contribution in [0, 0.1) is 0 Å². The largest absolute Gasteiger partial charge is 0.444 e. The molecule has 76 valence electrons. The maximum absolute atomic E-state index is 12.3. The lowest BCUT2D eigenvalue weighted by Gasteiger charge is -2.25. The van der Waals surface area contributed by atoms with Crippen molar-refractivity contribution in [2.45, 2.75) is 6.18 Å². The smallest absolute Gasteiger partial charge is 0.378 e. The van der Waals surface area contributed by atoms with Gasteiger partial charge in [0.05, 0.1) is 13.2 Å². The molecule has 0 aromatic heterocycles. The highest BCUT2D eigenvalue weighted by Crippen LogP contribution is 2.26. The summed E-state index contributed by atoms with van der Waals surface area (Å²) >= 11 is 0. The van der Waals surface area contributed by atoms with Crippen molar-refractivity contribution in [1.29, 1.82) is 0 Å². The fraction of sp³-hybridized carbons (Fsp3) is 0.714. The Hall–Kier alpha value is -0.780. The normalized spacial score (nSPS) is 20.6. The second-order valence-electron chi connectivity index (χ2n) is 2.62. The van der Waals surface area contributed by atoms with E-state index in [0.29, 0.717) is 32.5 Å². The van der Waals surface area contributed by atoms with Gasteiger partial charge in [-0.15, -0.1) is 0 Å². The first kappa shape index (κ1) is 10.3. The third kappa shape index (κ3) is 3.22. The number of allylic oxidation sites excluding steroid dienone is 1. The topological polar surface area (TPSA) is 12.5 Å². The monoisotopic (exact) mass is 199 g/mol. The van der Waals surface area contributed by atoms with E-state index in [1.807, 2.05) is 0 Å². The van der Waals surface area contributed by atoms with Gasteiger partial charge >= 0.3 is 6.18 Å². The second kappa shape index (κ2) is 3.95. The molecular weight excluding hydrogens is 190 g/mol.